The average molecular weight is 481 g/mol. The normalized spacial score (nSPS) is 15.0. The van der Waals surface area contributed by atoms with E-state index in [1.807, 2.05) is 22.7 Å². The van der Waals surface area contributed by atoms with Gasteiger partial charge in [-0.2, -0.15) is 0 Å². The van der Waals surface area contributed by atoms with Crippen LogP contribution >= 0.6 is 22.7 Å². The predicted molar refractivity (Wildman–Crippen MR) is 150 cm³/mol. The van der Waals surface area contributed by atoms with Crippen molar-refractivity contribution in [2.75, 3.05) is 0 Å². The number of thiophene rings is 2. The van der Waals surface area contributed by atoms with Crippen molar-refractivity contribution < 1.29 is 0 Å². The Bertz CT molecular complexity index is 978. The van der Waals surface area contributed by atoms with Crippen LogP contribution in [0.4, 0.5) is 0 Å². The lowest BCUT2D eigenvalue weighted by atomic mass is 10.0. The molecule has 0 fully saturated rings. The van der Waals surface area contributed by atoms with Crippen molar-refractivity contribution in [1.82, 2.24) is 0 Å². The first kappa shape index (κ1) is 24.0. The number of benzene rings is 1. The maximum absolute atomic E-state index is 2.58. The fraction of sp³-hybridized carbons (Fsp3) is 0.517. The molecule has 0 amide bonds. The van der Waals surface area contributed by atoms with Gasteiger partial charge in [-0.25, -0.2) is 0 Å². The van der Waals surface area contributed by atoms with E-state index in [0.29, 0.717) is 0 Å². The second-order valence-corrected chi connectivity index (χ2v) is 16.3. The van der Waals surface area contributed by atoms with Gasteiger partial charge in [-0.1, -0.05) is 83.6 Å². The lowest BCUT2D eigenvalue weighted by Crippen LogP contribution is -2.65. The highest BCUT2D eigenvalue weighted by Crippen LogP contribution is 2.41. The Balaban J connectivity index is 1.81. The molecule has 1 aromatic carbocycles. The van der Waals surface area contributed by atoms with Crippen LogP contribution in [-0.4, -0.2) is 8.07 Å². The van der Waals surface area contributed by atoms with Crippen LogP contribution in [0.5, 0.6) is 0 Å². The van der Waals surface area contributed by atoms with E-state index in [-0.39, 0.29) is 0 Å². The smallest absolute Gasteiger partial charge is 0.140 e. The Labute approximate surface area is 205 Å². The summed E-state index contributed by atoms with van der Waals surface area (Å²) in [7, 11) is -1.98. The summed E-state index contributed by atoms with van der Waals surface area (Å²) in [6.07, 6.45) is 10.5. The Hall–Kier alpha value is -1.16. The molecule has 1 atom stereocenters. The van der Waals surface area contributed by atoms with Gasteiger partial charge in [0.1, 0.15) is 0 Å². The van der Waals surface area contributed by atoms with Gasteiger partial charge >= 0.3 is 0 Å². The van der Waals surface area contributed by atoms with Crippen LogP contribution < -0.4 is 15.6 Å². The summed E-state index contributed by atoms with van der Waals surface area (Å²) in [5, 5.41) is 5.12. The SMILES string of the molecule is CCCCCc1ccc([Si]2(CC(CC)CCCC)c3cc(C)sc3-c3sc(C)cc32)cc1. The van der Waals surface area contributed by atoms with E-state index in [2.05, 4.69) is 71.0 Å². The summed E-state index contributed by atoms with van der Waals surface area (Å²) in [6, 6.07) is 16.5. The fourth-order valence-electron chi connectivity index (χ4n) is 5.71. The quantitative estimate of drug-likeness (QED) is 0.194. The van der Waals surface area contributed by atoms with Gasteiger partial charge in [0.15, 0.2) is 8.07 Å². The third-order valence-corrected chi connectivity index (χ3v) is 15.3. The number of hydrogen-bond acceptors (Lipinski definition) is 2. The molecule has 4 rings (SSSR count). The summed E-state index contributed by atoms with van der Waals surface area (Å²) in [5.41, 5.74) is 1.52. The minimum absolute atomic E-state index is 0.824. The van der Waals surface area contributed by atoms with Crippen molar-refractivity contribution in [3.05, 3.63) is 51.7 Å². The molecule has 0 saturated heterocycles. The number of unbranched alkanes of at least 4 members (excludes halogenated alkanes) is 3. The lowest BCUT2D eigenvalue weighted by molar-refractivity contribution is 0.488. The highest BCUT2D eigenvalue weighted by molar-refractivity contribution is 7.31. The summed E-state index contributed by atoms with van der Waals surface area (Å²) in [4.78, 5) is 6.20. The molecule has 0 bridgehead atoms. The standard InChI is InChI=1S/C29H40S2Si/c1-6-9-11-13-24-14-16-25(17-15-24)32(20-23(8-3)12-10-7-2)26-18-21(4)30-28(26)29-27(32)19-22(5)31-29/h14-19,23H,6-13,20H2,1-5H3. The molecule has 0 radical (unpaired) electrons. The van der Waals surface area contributed by atoms with Crippen molar-refractivity contribution in [3.63, 3.8) is 0 Å². The van der Waals surface area contributed by atoms with Crippen molar-refractivity contribution in [2.45, 2.75) is 92.0 Å². The summed E-state index contributed by atoms with van der Waals surface area (Å²) in [5.74, 6) is 0.824. The minimum atomic E-state index is -1.98. The van der Waals surface area contributed by atoms with Gasteiger partial charge in [0.25, 0.3) is 0 Å². The van der Waals surface area contributed by atoms with Gasteiger partial charge in [-0.15, -0.1) is 22.7 Å². The molecule has 0 saturated carbocycles. The minimum Gasteiger partial charge on any atom is -0.140 e. The molecule has 2 aromatic heterocycles. The number of hydrogen-bond donors (Lipinski definition) is 0. The van der Waals surface area contributed by atoms with Gasteiger partial charge in [0, 0.05) is 19.5 Å². The molecule has 3 heterocycles. The first-order valence-corrected chi connectivity index (χ1v) is 16.7. The molecule has 32 heavy (non-hydrogen) atoms. The Morgan fingerprint density at radius 3 is 1.91 bits per heavy atom. The van der Waals surface area contributed by atoms with Gasteiger partial charge in [-0.05, 0) is 71.9 Å². The van der Waals surface area contributed by atoms with E-state index in [1.54, 1.807) is 25.3 Å². The van der Waals surface area contributed by atoms with E-state index in [0.717, 1.165) is 5.92 Å². The zero-order valence-corrected chi connectivity index (χ0v) is 23.4. The molecule has 1 aliphatic heterocycles. The average Bonchev–Trinajstić information content (AvgIpc) is 3.43. The topological polar surface area (TPSA) is 0 Å². The Morgan fingerprint density at radius 1 is 0.781 bits per heavy atom. The molecular weight excluding hydrogens is 441 g/mol. The lowest BCUT2D eigenvalue weighted by Gasteiger charge is -2.33. The van der Waals surface area contributed by atoms with Crippen molar-refractivity contribution >= 4 is 46.3 Å². The molecule has 3 aromatic rings. The number of aryl methyl sites for hydroxylation is 3. The maximum atomic E-state index is 2.58. The van der Waals surface area contributed by atoms with E-state index in [4.69, 9.17) is 0 Å². The van der Waals surface area contributed by atoms with Gasteiger partial charge in [0.05, 0.1) is 0 Å². The highest BCUT2D eigenvalue weighted by Gasteiger charge is 2.50. The van der Waals surface area contributed by atoms with Crippen LogP contribution in [0.1, 0.15) is 81.0 Å². The van der Waals surface area contributed by atoms with E-state index < -0.39 is 8.07 Å². The molecular formula is C29H40S2Si. The zero-order valence-electron chi connectivity index (χ0n) is 20.7. The third-order valence-electron chi connectivity index (χ3n) is 7.49. The van der Waals surface area contributed by atoms with E-state index in [1.165, 1.54) is 72.7 Å². The fourth-order valence-corrected chi connectivity index (χ4v) is 15.1. The maximum Gasteiger partial charge on any atom is 0.152 e. The van der Waals surface area contributed by atoms with Crippen molar-refractivity contribution in [3.8, 4) is 9.75 Å². The number of fused-ring (bicyclic) bond motifs is 3. The molecule has 0 nitrogen and oxygen atoms in total. The highest BCUT2D eigenvalue weighted by atomic mass is 32.1. The summed E-state index contributed by atoms with van der Waals surface area (Å²) >= 11 is 4.09. The Morgan fingerprint density at radius 2 is 1.38 bits per heavy atom. The first-order chi connectivity index (χ1) is 15.5. The molecule has 3 heteroatoms. The molecule has 1 unspecified atom stereocenters. The van der Waals surface area contributed by atoms with Crippen LogP contribution in [0.3, 0.4) is 0 Å². The monoisotopic (exact) mass is 480 g/mol. The van der Waals surface area contributed by atoms with Crippen molar-refractivity contribution in [2.24, 2.45) is 5.92 Å². The second kappa shape index (κ2) is 10.4. The zero-order chi connectivity index (χ0) is 22.7. The molecule has 1 aliphatic rings. The van der Waals surface area contributed by atoms with Crippen LogP contribution in [0.15, 0.2) is 36.4 Å². The molecule has 0 N–H and O–H groups in total. The van der Waals surface area contributed by atoms with E-state index >= 15 is 0 Å². The largest absolute Gasteiger partial charge is 0.152 e. The predicted octanol–water partition coefficient (Wildman–Crippen LogP) is 7.83. The Kier molecular flexibility index (Phi) is 7.79. The van der Waals surface area contributed by atoms with Crippen LogP contribution in [0.2, 0.25) is 6.04 Å². The van der Waals surface area contributed by atoms with Crippen LogP contribution in [0.25, 0.3) is 9.75 Å². The van der Waals surface area contributed by atoms with Gasteiger partial charge in [-0.3, -0.25) is 0 Å². The third kappa shape index (κ3) is 4.45. The van der Waals surface area contributed by atoms with E-state index in [9.17, 15) is 0 Å². The van der Waals surface area contributed by atoms with Gasteiger partial charge < -0.3 is 0 Å². The van der Waals surface area contributed by atoms with Crippen LogP contribution in [-0.2, 0) is 6.42 Å². The molecule has 172 valence electrons. The second-order valence-electron chi connectivity index (χ2n) is 9.88. The first-order valence-electron chi connectivity index (χ1n) is 12.8. The summed E-state index contributed by atoms with van der Waals surface area (Å²) < 4.78 is 0. The van der Waals surface area contributed by atoms with Crippen LogP contribution in [0, 0.1) is 19.8 Å². The van der Waals surface area contributed by atoms with Crippen molar-refractivity contribution in [1.29, 1.82) is 0 Å². The molecule has 0 aliphatic carbocycles. The number of rotatable bonds is 11. The molecule has 0 spiro atoms. The van der Waals surface area contributed by atoms with Gasteiger partial charge in [0.2, 0.25) is 0 Å². The summed E-state index contributed by atoms with van der Waals surface area (Å²) in [6.45, 7) is 11.7.